The minimum Gasteiger partial charge on any atom is -0.480 e. The summed E-state index contributed by atoms with van der Waals surface area (Å²) in [5.74, 6) is 0.731. The van der Waals surface area contributed by atoms with E-state index in [4.69, 9.17) is 9.97 Å². The maximum atomic E-state index is 12.9. The van der Waals surface area contributed by atoms with Crippen molar-refractivity contribution in [2.24, 2.45) is 5.92 Å². The third-order valence-electron chi connectivity index (χ3n) is 6.35. The molecule has 186 valence electrons. The monoisotopic (exact) mass is 470 g/mol. The van der Waals surface area contributed by atoms with E-state index in [0.717, 1.165) is 42.4 Å². The average molecular weight is 471 g/mol. The highest BCUT2D eigenvalue weighted by Gasteiger charge is 2.31. The number of urea groups is 1. The van der Waals surface area contributed by atoms with Crippen molar-refractivity contribution >= 4 is 34.7 Å². The Morgan fingerprint density at radius 3 is 2.32 bits per heavy atom. The van der Waals surface area contributed by atoms with Crippen molar-refractivity contribution in [1.29, 1.82) is 0 Å². The van der Waals surface area contributed by atoms with Crippen LogP contribution in [-0.4, -0.2) is 70.7 Å². The van der Waals surface area contributed by atoms with Gasteiger partial charge in [-0.15, -0.1) is 0 Å². The summed E-state index contributed by atoms with van der Waals surface area (Å²) in [4.78, 5) is 37.5. The number of para-hydroxylation sites is 1. The largest absolute Gasteiger partial charge is 0.480 e. The molecule has 9 nitrogen and oxygen atoms in total. The number of rotatable bonds is 9. The number of carbonyl (C=O) groups is 2. The zero-order valence-corrected chi connectivity index (χ0v) is 20.9. The lowest BCUT2D eigenvalue weighted by atomic mass is 9.91. The summed E-state index contributed by atoms with van der Waals surface area (Å²) in [5.41, 5.74) is 0.902. The summed E-state index contributed by atoms with van der Waals surface area (Å²) in [6.07, 6.45) is 3.82. The van der Waals surface area contributed by atoms with Gasteiger partial charge in [0.15, 0.2) is 0 Å². The number of anilines is 2. The van der Waals surface area contributed by atoms with E-state index >= 15 is 0 Å². The lowest BCUT2D eigenvalue weighted by molar-refractivity contribution is -0.142. The van der Waals surface area contributed by atoms with Gasteiger partial charge < -0.3 is 25.5 Å². The molecule has 1 aliphatic rings. The lowest BCUT2D eigenvalue weighted by Crippen LogP contribution is -2.53. The molecule has 1 saturated carbocycles. The molecule has 34 heavy (non-hydrogen) atoms. The first kappa shape index (κ1) is 25.5. The van der Waals surface area contributed by atoms with Gasteiger partial charge in [-0.1, -0.05) is 26.0 Å². The summed E-state index contributed by atoms with van der Waals surface area (Å²) in [7, 11) is 3.95. The summed E-state index contributed by atoms with van der Waals surface area (Å²) in [6.45, 7) is 6.12. The second-order valence-corrected chi connectivity index (χ2v) is 9.69. The van der Waals surface area contributed by atoms with E-state index in [1.165, 1.54) is 4.90 Å². The van der Waals surface area contributed by atoms with Crippen LogP contribution in [-0.2, 0) is 4.79 Å². The fraction of sp³-hybridized carbons (Fsp3) is 0.600. The predicted octanol–water partition coefficient (Wildman–Crippen LogP) is 3.95. The van der Waals surface area contributed by atoms with Crippen molar-refractivity contribution in [2.75, 3.05) is 30.9 Å². The molecule has 0 saturated heterocycles. The van der Waals surface area contributed by atoms with Crippen LogP contribution in [0.1, 0.15) is 52.9 Å². The van der Waals surface area contributed by atoms with Gasteiger partial charge in [0.25, 0.3) is 0 Å². The van der Waals surface area contributed by atoms with Crippen molar-refractivity contribution in [3.05, 3.63) is 24.3 Å². The number of hydrogen-bond donors (Lipinski definition) is 3. The molecule has 0 aliphatic heterocycles. The number of amides is 2. The van der Waals surface area contributed by atoms with Gasteiger partial charge in [0, 0.05) is 38.1 Å². The number of aromatic nitrogens is 2. The molecule has 1 aliphatic carbocycles. The second-order valence-electron chi connectivity index (χ2n) is 9.69. The maximum Gasteiger partial charge on any atom is 0.326 e. The lowest BCUT2D eigenvalue weighted by Gasteiger charge is -2.34. The van der Waals surface area contributed by atoms with Crippen LogP contribution in [0.2, 0.25) is 0 Å². The third kappa shape index (κ3) is 6.27. The molecule has 0 unspecified atom stereocenters. The number of nitrogens with one attached hydrogen (secondary N) is 2. The van der Waals surface area contributed by atoms with Gasteiger partial charge in [-0.2, -0.15) is 4.98 Å². The molecular weight excluding hydrogens is 432 g/mol. The van der Waals surface area contributed by atoms with Crippen LogP contribution in [0.25, 0.3) is 10.9 Å². The highest BCUT2D eigenvalue weighted by molar-refractivity contribution is 5.90. The fourth-order valence-corrected chi connectivity index (χ4v) is 4.60. The normalized spacial score (nSPS) is 19.0. The maximum absolute atomic E-state index is 12.9. The summed E-state index contributed by atoms with van der Waals surface area (Å²) >= 11 is 0. The van der Waals surface area contributed by atoms with Gasteiger partial charge in [0.2, 0.25) is 5.95 Å². The number of carboxylic acid groups (broad SMARTS) is 1. The average Bonchev–Trinajstić information content (AvgIpc) is 2.79. The molecule has 1 atom stereocenters. The molecule has 1 heterocycles. The van der Waals surface area contributed by atoms with E-state index < -0.39 is 12.0 Å². The third-order valence-corrected chi connectivity index (χ3v) is 6.35. The van der Waals surface area contributed by atoms with Crippen LogP contribution in [0.15, 0.2) is 24.3 Å². The first-order chi connectivity index (χ1) is 16.2. The smallest absolute Gasteiger partial charge is 0.326 e. The number of fused-ring (bicyclic) bond motifs is 1. The molecule has 1 aromatic carbocycles. The van der Waals surface area contributed by atoms with E-state index in [0.29, 0.717) is 18.9 Å². The van der Waals surface area contributed by atoms with Crippen LogP contribution in [0.5, 0.6) is 0 Å². The fourth-order valence-electron chi connectivity index (χ4n) is 4.60. The van der Waals surface area contributed by atoms with Gasteiger partial charge in [-0.25, -0.2) is 14.6 Å². The van der Waals surface area contributed by atoms with Crippen LogP contribution >= 0.6 is 0 Å². The topological polar surface area (TPSA) is 111 Å². The van der Waals surface area contributed by atoms with Gasteiger partial charge in [-0.3, -0.25) is 0 Å². The minimum absolute atomic E-state index is 0.0305. The number of benzene rings is 1. The first-order valence-corrected chi connectivity index (χ1v) is 12.2. The molecule has 9 heteroatoms. The Morgan fingerprint density at radius 2 is 1.74 bits per heavy atom. The predicted molar refractivity (Wildman–Crippen MR) is 135 cm³/mol. The van der Waals surface area contributed by atoms with Crippen molar-refractivity contribution in [3.8, 4) is 0 Å². The molecular formula is C25H38N6O3. The van der Waals surface area contributed by atoms with E-state index in [1.54, 1.807) is 0 Å². The van der Waals surface area contributed by atoms with Crippen LogP contribution in [0, 0.1) is 5.92 Å². The van der Waals surface area contributed by atoms with E-state index in [1.807, 2.05) is 64.0 Å². The summed E-state index contributed by atoms with van der Waals surface area (Å²) < 4.78 is 0. The molecule has 3 N–H and O–H groups in total. The Morgan fingerprint density at radius 1 is 1.09 bits per heavy atom. The Bertz CT molecular complexity index is 988. The van der Waals surface area contributed by atoms with Crippen molar-refractivity contribution in [1.82, 2.24) is 20.2 Å². The standard InChI is InChI=1S/C25H38N6O3/c1-6-31(21(23(32)33)15-16(2)3)25(34)27-18-13-11-17(12-14-18)26-24-28-20-10-8-7-9-19(20)22(29-24)30(4)5/h7-10,16-18,21H,6,11-15H2,1-5H3,(H,27,34)(H,32,33)(H,26,28,29)/t17?,18?,21-/m0/s1. The Kier molecular flexibility index (Phi) is 8.52. The number of carbonyl (C=O) groups excluding carboxylic acids is 1. The number of aliphatic carboxylic acids is 1. The van der Waals surface area contributed by atoms with Crippen molar-refractivity contribution in [3.63, 3.8) is 0 Å². The zero-order valence-electron chi connectivity index (χ0n) is 20.9. The molecule has 2 aromatic rings. The number of nitrogens with zero attached hydrogens (tertiary/aromatic N) is 4. The highest BCUT2D eigenvalue weighted by Crippen LogP contribution is 2.26. The Balaban J connectivity index is 1.59. The summed E-state index contributed by atoms with van der Waals surface area (Å²) in [5, 5.41) is 17.2. The summed E-state index contributed by atoms with van der Waals surface area (Å²) in [6, 6.07) is 7.13. The molecule has 3 rings (SSSR count). The molecule has 0 bridgehead atoms. The number of carboxylic acids is 1. The van der Waals surface area contributed by atoms with E-state index in [-0.39, 0.29) is 24.0 Å². The quantitative estimate of drug-likeness (QED) is 0.509. The van der Waals surface area contributed by atoms with Crippen LogP contribution < -0.4 is 15.5 Å². The van der Waals surface area contributed by atoms with Crippen molar-refractivity contribution in [2.45, 2.75) is 71.0 Å². The van der Waals surface area contributed by atoms with E-state index in [2.05, 4.69) is 10.6 Å². The van der Waals surface area contributed by atoms with Gasteiger partial charge in [0.05, 0.1) is 5.52 Å². The highest BCUT2D eigenvalue weighted by atomic mass is 16.4. The first-order valence-electron chi connectivity index (χ1n) is 12.2. The SMILES string of the molecule is CCN(C(=O)NC1CCC(Nc2nc(N(C)C)c3ccccc3n2)CC1)[C@@H](CC(C)C)C(=O)O. The van der Waals surface area contributed by atoms with Gasteiger partial charge in [0.1, 0.15) is 11.9 Å². The zero-order chi connectivity index (χ0) is 24.8. The van der Waals surface area contributed by atoms with Gasteiger partial charge >= 0.3 is 12.0 Å². The minimum atomic E-state index is -0.953. The second kappa shape index (κ2) is 11.4. The molecule has 2 amide bonds. The Hall–Kier alpha value is -3.10. The molecule has 1 fully saturated rings. The molecule has 0 radical (unpaired) electrons. The number of likely N-dealkylation sites (N-methyl/N-ethyl adjacent to an activating group) is 1. The van der Waals surface area contributed by atoms with E-state index in [9.17, 15) is 14.7 Å². The van der Waals surface area contributed by atoms with Crippen LogP contribution in [0.4, 0.5) is 16.6 Å². The van der Waals surface area contributed by atoms with Gasteiger partial charge in [-0.05, 0) is 57.1 Å². The van der Waals surface area contributed by atoms with Crippen molar-refractivity contribution < 1.29 is 14.7 Å². The molecule has 1 aromatic heterocycles. The molecule has 0 spiro atoms. The number of hydrogen-bond acceptors (Lipinski definition) is 6. The van der Waals surface area contributed by atoms with Crippen LogP contribution in [0.3, 0.4) is 0 Å². The Labute approximate surface area is 201 Å².